The standard InChI is InChI=1S/C21H27NO4.C18H23NO4.C3H5Br/c1-4-8-22-9-7-21-12-16(23)18(26-3)11-14(21)15(22)10-13-5-6-17(25-2)20(24)19(13)21;1-22-14-4-3-10-7-12-11-8-15(23-2)13(20)9-18(11,5-6-19-12)16(10)17(14)21;1-2-3-4/h4-6,14-15,18,24H,1,7-12H2,2-3H3;3-4,11-12,15,19,21H,5-9H2,1-2H3;2H,1,3H2/t14-,15+,18?,21-;11-,12+,15?,18-;/m11./s1. The molecule has 2 unspecified atom stereocenters. The van der Waals surface area contributed by atoms with E-state index in [9.17, 15) is 19.8 Å². The Balaban J connectivity index is 0.000000166. The molecule has 2 aliphatic heterocycles. The summed E-state index contributed by atoms with van der Waals surface area (Å²) in [5.74, 6) is 2.32. The van der Waals surface area contributed by atoms with Gasteiger partial charge in [-0.15, -0.1) is 13.2 Å². The summed E-state index contributed by atoms with van der Waals surface area (Å²) in [7, 11) is 6.37. The van der Waals surface area contributed by atoms with Crippen LogP contribution >= 0.6 is 15.9 Å². The number of fused-ring (bicyclic) bond motifs is 2. The second-order valence-corrected chi connectivity index (χ2v) is 15.9. The third kappa shape index (κ3) is 6.75. The Kier molecular flexibility index (Phi) is 12.1. The van der Waals surface area contributed by atoms with E-state index in [-0.39, 0.29) is 52.0 Å². The summed E-state index contributed by atoms with van der Waals surface area (Å²) < 4.78 is 21.6. The molecule has 2 aromatic rings. The number of piperidine rings is 2. The van der Waals surface area contributed by atoms with E-state index in [1.807, 2.05) is 24.3 Å². The van der Waals surface area contributed by atoms with Crippen LogP contribution in [-0.2, 0) is 42.7 Å². The fourth-order valence-electron chi connectivity index (χ4n) is 10.9. The monoisotopic (exact) mass is 794 g/mol. The Morgan fingerprint density at radius 1 is 0.830 bits per heavy atom. The molecule has 3 N–H and O–H groups in total. The van der Waals surface area contributed by atoms with Crippen LogP contribution in [0.15, 0.2) is 49.6 Å². The quantitative estimate of drug-likeness (QED) is 0.242. The summed E-state index contributed by atoms with van der Waals surface area (Å²) in [5, 5.41) is 26.3. The minimum Gasteiger partial charge on any atom is -0.504 e. The van der Waals surface area contributed by atoms with Gasteiger partial charge in [0.15, 0.2) is 34.6 Å². The van der Waals surface area contributed by atoms with Crippen molar-refractivity contribution in [1.29, 1.82) is 0 Å². The number of benzene rings is 2. The Hall–Kier alpha value is -3.22. The topological polar surface area (TPSA) is 127 Å². The molecule has 8 atom stereocenters. The Labute approximate surface area is 322 Å². The van der Waals surface area contributed by atoms with Gasteiger partial charge in [0.2, 0.25) is 0 Å². The third-order valence-corrected chi connectivity index (χ3v) is 13.6. The first-order chi connectivity index (χ1) is 25.6. The fraction of sp³-hybridized carbons (Fsp3) is 0.571. The van der Waals surface area contributed by atoms with Crippen LogP contribution < -0.4 is 14.8 Å². The minimum absolute atomic E-state index is 0.148. The number of ketones is 2. The second-order valence-electron chi connectivity index (χ2n) is 15.3. The molecule has 2 heterocycles. The van der Waals surface area contributed by atoms with Gasteiger partial charge in [0.05, 0.1) is 14.2 Å². The largest absolute Gasteiger partial charge is 0.504 e. The number of allylic oxidation sites excluding steroid dienone is 1. The maximum absolute atomic E-state index is 12.8. The van der Waals surface area contributed by atoms with E-state index in [0.717, 1.165) is 79.3 Å². The maximum Gasteiger partial charge on any atom is 0.162 e. The average molecular weight is 796 g/mol. The highest BCUT2D eigenvalue weighted by molar-refractivity contribution is 9.09. The molecule has 10 nitrogen and oxygen atoms in total. The summed E-state index contributed by atoms with van der Waals surface area (Å²) in [6.07, 6.45) is 8.88. The van der Waals surface area contributed by atoms with Crippen molar-refractivity contribution in [2.24, 2.45) is 11.8 Å². The molecule has 8 rings (SSSR count). The van der Waals surface area contributed by atoms with Crippen LogP contribution in [0.1, 0.15) is 60.8 Å². The van der Waals surface area contributed by atoms with Crippen molar-refractivity contribution in [3.05, 3.63) is 71.8 Å². The zero-order valence-corrected chi connectivity index (χ0v) is 33.1. The number of hydrogen-bond donors (Lipinski definition) is 3. The highest BCUT2D eigenvalue weighted by Gasteiger charge is 2.59. The lowest BCUT2D eigenvalue weighted by atomic mass is 9.51. The number of nitrogens with zero attached hydrogens (tertiary/aromatic N) is 1. The van der Waals surface area contributed by atoms with Crippen LogP contribution in [0, 0.1) is 11.8 Å². The van der Waals surface area contributed by atoms with E-state index in [0.29, 0.717) is 48.8 Å². The lowest BCUT2D eigenvalue weighted by molar-refractivity contribution is -0.142. The van der Waals surface area contributed by atoms with Gasteiger partial charge < -0.3 is 34.5 Å². The first kappa shape index (κ1) is 39.5. The van der Waals surface area contributed by atoms with Crippen molar-refractivity contribution < 1.29 is 38.7 Å². The van der Waals surface area contributed by atoms with Gasteiger partial charge in [0.25, 0.3) is 0 Å². The van der Waals surface area contributed by atoms with Crippen LogP contribution in [0.3, 0.4) is 0 Å². The molecule has 0 amide bonds. The zero-order chi connectivity index (χ0) is 38.1. The smallest absolute Gasteiger partial charge is 0.162 e. The number of alkyl halides is 1. The summed E-state index contributed by atoms with van der Waals surface area (Å²) >= 11 is 3.13. The molecule has 4 aliphatic carbocycles. The Bertz CT molecular complexity index is 1720. The predicted molar refractivity (Wildman–Crippen MR) is 208 cm³/mol. The maximum atomic E-state index is 12.8. The number of carbonyl (C=O) groups is 2. The van der Waals surface area contributed by atoms with Crippen molar-refractivity contribution in [1.82, 2.24) is 10.2 Å². The summed E-state index contributed by atoms with van der Waals surface area (Å²) in [4.78, 5) is 27.9. The van der Waals surface area contributed by atoms with Gasteiger partial charge in [-0.1, -0.05) is 40.2 Å². The van der Waals surface area contributed by atoms with E-state index < -0.39 is 0 Å². The Morgan fingerprint density at radius 2 is 1.36 bits per heavy atom. The second kappa shape index (κ2) is 16.3. The van der Waals surface area contributed by atoms with Gasteiger partial charge in [0.1, 0.15) is 12.2 Å². The minimum atomic E-state index is -0.339. The number of aromatic hydroxyl groups is 2. The lowest BCUT2D eigenvalue weighted by Crippen LogP contribution is -2.63. The molecule has 0 spiro atoms. The van der Waals surface area contributed by atoms with E-state index >= 15 is 0 Å². The van der Waals surface area contributed by atoms with E-state index in [4.69, 9.17) is 18.9 Å². The molecule has 2 saturated carbocycles. The molecule has 288 valence electrons. The third-order valence-electron chi connectivity index (χ3n) is 13.1. The van der Waals surface area contributed by atoms with Crippen molar-refractivity contribution in [3.8, 4) is 23.0 Å². The van der Waals surface area contributed by atoms with Gasteiger partial charge >= 0.3 is 0 Å². The number of phenols is 2. The van der Waals surface area contributed by atoms with Crippen LogP contribution in [0.25, 0.3) is 0 Å². The van der Waals surface area contributed by atoms with Crippen LogP contribution in [0.5, 0.6) is 23.0 Å². The molecular weight excluding hydrogens is 740 g/mol. The SMILES string of the molecule is C=CCBr.C=CCN1CC[C@@]23CC(=O)C(OC)C[C@@H]2[C@@H]1Cc1ccc(OC)c(O)c13.COc1ccc2c(c1O)[C@@]13CCN[C@@H](C2)[C@H]1CC(OC)C(=O)C3. The van der Waals surface area contributed by atoms with Crippen LogP contribution in [0.4, 0.5) is 0 Å². The van der Waals surface area contributed by atoms with Gasteiger partial charge in [0, 0.05) is 73.0 Å². The summed E-state index contributed by atoms with van der Waals surface area (Å²) in [6, 6.07) is 8.44. The molecule has 4 fully saturated rings. The number of rotatable bonds is 7. The number of nitrogens with one attached hydrogen (secondary N) is 1. The van der Waals surface area contributed by atoms with Crippen molar-refractivity contribution in [2.45, 2.75) is 86.5 Å². The van der Waals surface area contributed by atoms with Gasteiger partial charge in [-0.25, -0.2) is 0 Å². The molecule has 11 heteroatoms. The van der Waals surface area contributed by atoms with Crippen LogP contribution in [0.2, 0.25) is 0 Å². The molecule has 6 aliphatic rings. The normalized spacial score (nSPS) is 32.2. The number of ether oxygens (including phenoxy) is 4. The first-order valence-corrected chi connectivity index (χ1v) is 19.8. The molecule has 53 heavy (non-hydrogen) atoms. The zero-order valence-electron chi connectivity index (χ0n) is 31.5. The van der Waals surface area contributed by atoms with Crippen LogP contribution in [-0.4, -0.2) is 104 Å². The Morgan fingerprint density at radius 3 is 1.87 bits per heavy atom. The average Bonchev–Trinajstić information content (AvgIpc) is 3.15. The fourth-order valence-corrected chi connectivity index (χ4v) is 10.9. The molecular formula is C42H55BrN2O8. The predicted octanol–water partition coefficient (Wildman–Crippen LogP) is 5.57. The molecule has 4 bridgehead atoms. The number of hydrogen-bond acceptors (Lipinski definition) is 10. The number of Topliss-reactive ketones (excluding diaryl/α,β-unsaturated/α-hetero) is 2. The van der Waals surface area contributed by atoms with Crippen molar-refractivity contribution in [2.75, 3.05) is 53.4 Å². The number of phenolic OH excluding ortho intramolecular Hbond substituents is 2. The highest BCUT2D eigenvalue weighted by Crippen LogP contribution is 2.59. The van der Waals surface area contributed by atoms with Gasteiger partial charge in [-0.05, 0) is 86.7 Å². The number of carbonyl (C=O) groups excluding carboxylic acids is 2. The van der Waals surface area contributed by atoms with E-state index in [1.165, 1.54) is 0 Å². The van der Waals surface area contributed by atoms with E-state index in [2.05, 4.69) is 45.4 Å². The molecule has 2 aromatic carbocycles. The highest BCUT2D eigenvalue weighted by atomic mass is 79.9. The summed E-state index contributed by atoms with van der Waals surface area (Å²) in [5.41, 5.74) is 3.57. The molecule has 0 aromatic heterocycles. The molecule has 2 saturated heterocycles. The van der Waals surface area contributed by atoms with Gasteiger partial charge in [-0.2, -0.15) is 0 Å². The lowest BCUT2D eigenvalue weighted by Gasteiger charge is -2.59. The van der Waals surface area contributed by atoms with Crippen molar-refractivity contribution >= 4 is 27.5 Å². The number of methoxy groups -OCH3 is 4. The summed E-state index contributed by atoms with van der Waals surface area (Å²) in [6.45, 7) is 9.98. The van der Waals surface area contributed by atoms with Gasteiger partial charge in [-0.3, -0.25) is 14.5 Å². The molecule has 0 radical (unpaired) electrons. The van der Waals surface area contributed by atoms with E-state index in [1.54, 1.807) is 34.5 Å². The first-order valence-electron chi connectivity index (χ1n) is 18.7. The number of likely N-dealkylation sites (tertiary alicyclic amines) is 1. The number of halogens is 1. The van der Waals surface area contributed by atoms with Crippen molar-refractivity contribution in [3.63, 3.8) is 0 Å².